The molecule has 0 radical (unpaired) electrons. The third kappa shape index (κ3) is 3.02. The SMILES string of the molecule is CC(C)=C(SN=O)[C@H](N)C(=O)O. The molecule has 6 heteroatoms. The Balaban J connectivity index is 4.64. The summed E-state index contributed by atoms with van der Waals surface area (Å²) in [6.45, 7) is 3.35. The van der Waals surface area contributed by atoms with Crippen molar-refractivity contribution in [3.05, 3.63) is 15.4 Å². The number of hydrogen-bond acceptors (Lipinski definition) is 5. The van der Waals surface area contributed by atoms with Gasteiger partial charge in [-0.15, -0.1) is 4.91 Å². The minimum Gasteiger partial charge on any atom is -0.480 e. The Hall–Kier alpha value is -0.880. The Morgan fingerprint density at radius 1 is 1.58 bits per heavy atom. The van der Waals surface area contributed by atoms with Crippen molar-refractivity contribution in [2.45, 2.75) is 19.9 Å². The van der Waals surface area contributed by atoms with E-state index in [2.05, 4.69) is 4.58 Å². The first kappa shape index (κ1) is 11.1. The molecule has 0 rings (SSSR count). The molecular formula is C6H10N2O3S. The van der Waals surface area contributed by atoms with Crippen LogP contribution < -0.4 is 5.73 Å². The van der Waals surface area contributed by atoms with Gasteiger partial charge in [-0.1, -0.05) is 5.57 Å². The highest BCUT2D eigenvalue weighted by Gasteiger charge is 2.19. The van der Waals surface area contributed by atoms with Crippen molar-refractivity contribution in [2.75, 3.05) is 0 Å². The first-order valence-electron chi connectivity index (χ1n) is 3.16. The van der Waals surface area contributed by atoms with Gasteiger partial charge >= 0.3 is 5.97 Å². The van der Waals surface area contributed by atoms with Crippen LogP contribution in [0.5, 0.6) is 0 Å². The standard InChI is InChI=1S/C6H10N2O3S/c1-3(2)5(12-8-11)4(7)6(9)10/h4H,7H2,1-2H3,(H,9,10)/t4-/m0/s1. The van der Waals surface area contributed by atoms with Crippen LogP contribution in [0.15, 0.2) is 15.1 Å². The lowest BCUT2D eigenvalue weighted by atomic mass is 10.2. The molecule has 3 N–H and O–H groups in total. The maximum atomic E-state index is 10.4. The lowest BCUT2D eigenvalue weighted by Crippen LogP contribution is -2.31. The van der Waals surface area contributed by atoms with Gasteiger partial charge in [0.1, 0.15) is 6.04 Å². The van der Waals surface area contributed by atoms with E-state index in [0.717, 1.165) is 0 Å². The summed E-state index contributed by atoms with van der Waals surface area (Å²) in [7, 11) is 0. The molecule has 5 nitrogen and oxygen atoms in total. The predicted octanol–water partition coefficient (Wildman–Crippen LogP) is 1.11. The van der Waals surface area contributed by atoms with E-state index in [4.69, 9.17) is 10.8 Å². The van der Waals surface area contributed by atoms with E-state index in [9.17, 15) is 9.70 Å². The third-order valence-electron chi connectivity index (χ3n) is 1.18. The fraction of sp³-hybridized carbons (Fsp3) is 0.500. The normalized spacial score (nSPS) is 11.9. The van der Waals surface area contributed by atoms with E-state index < -0.39 is 12.0 Å². The van der Waals surface area contributed by atoms with Crippen molar-refractivity contribution < 1.29 is 9.90 Å². The number of aliphatic carboxylic acids is 1. The number of rotatable bonds is 4. The third-order valence-corrected chi connectivity index (χ3v) is 2.11. The molecule has 0 bridgehead atoms. The summed E-state index contributed by atoms with van der Waals surface area (Å²) in [5.41, 5.74) is 5.96. The first-order chi connectivity index (χ1) is 5.50. The summed E-state index contributed by atoms with van der Waals surface area (Å²) >= 11 is 0.564. The highest BCUT2D eigenvalue weighted by atomic mass is 32.2. The molecule has 0 saturated carbocycles. The smallest absolute Gasteiger partial charge is 0.325 e. The summed E-state index contributed by atoms with van der Waals surface area (Å²) in [6.07, 6.45) is 0. The molecule has 0 aromatic carbocycles. The van der Waals surface area contributed by atoms with Crippen LogP contribution in [-0.4, -0.2) is 17.1 Å². The van der Waals surface area contributed by atoms with E-state index in [1.807, 2.05) is 0 Å². The summed E-state index contributed by atoms with van der Waals surface area (Å²) in [5, 5.41) is 8.51. The van der Waals surface area contributed by atoms with Crippen molar-refractivity contribution in [2.24, 2.45) is 10.3 Å². The Morgan fingerprint density at radius 3 is 2.33 bits per heavy atom. The number of nitroso groups, excluding NO2 is 1. The molecular weight excluding hydrogens is 180 g/mol. The van der Waals surface area contributed by atoms with Gasteiger partial charge in [-0.3, -0.25) is 4.79 Å². The number of nitrogens with zero attached hydrogens (tertiary/aromatic N) is 1. The molecule has 0 aromatic rings. The van der Waals surface area contributed by atoms with Gasteiger partial charge in [0, 0.05) is 9.49 Å². The summed E-state index contributed by atoms with van der Waals surface area (Å²) in [4.78, 5) is 20.6. The van der Waals surface area contributed by atoms with Gasteiger partial charge in [-0.05, 0) is 13.8 Å². The van der Waals surface area contributed by atoms with Crippen LogP contribution in [0.4, 0.5) is 0 Å². The fourth-order valence-electron chi connectivity index (χ4n) is 0.611. The number of allylic oxidation sites excluding steroid dienone is 1. The molecule has 1 atom stereocenters. The minimum absolute atomic E-state index is 0.289. The Morgan fingerprint density at radius 2 is 2.08 bits per heavy atom. The van der Waals surface area contributed by atoms with E-state index in [-0.39, 0.29) is 4.91 Å². The Labute approximate surface area is 74.1 Å². The van der Waals surface area contributed by atoms with Crippen LogP contribution in [-0.2, 0) is 4.79 Å². The van der Waals surface area contributed by atoms with Crippen LogP contribution in [0.25, 0.3) is 0 Å². The number of carboxylic acids is 1. The topological polar surface area (TPSA) is 92.8 Å². The van der Waals surface area contributed by atoms with E-state index in [1.54, 1.807) is 13.8 Å². The number of carbonyl (C=O) groups is 1. The lowest BCUT2D eigenvalue weighted by Gasteiger charge is -2.08. The molecule has 0 spiro atoms. The molecule has 12 heavy (non-hydrogen) atoms. The van der Waals surface area contributed by atoms with Crippen LogP contribution in [0.2, 0.25) is 0 Å². The Bertz CT molecular complexity index is 223. The molecule has 0 fully saturated rings. The zero-order chi connectivity index (χ0) is 9.72. The molecule has 0 aliphatic carbocycles. The van der Waals surface area contributed by atoms with Gasteiger partial charge in [0.05, 0.1) is 11.9 Å². The average Bonchev–Trinajstić information content (AvgIpc) is 1.98. The second kappa shape index (κ2) is 4.89. The second-order valence-corrected chi connectivity index (χ2v) is 3.12. The van der Waals surface area contributed by atoms with Gasteiger partial charge in [0.2, 0.25) is 0 Å². The van der Waals surface area contributed by atoms with Gasteiger partial charge in [-0.25, -0.2) is 0 Å². The first-order valence-corrected chi connectivity index (χ1v) is 3.93. The van der Waals surface area contributed by atoms with Crippen molar-refractivity contribution in [1.82, 2.24) is 0 Å². The molecule has 0 aromatic heterocycles. The summed E-state index contributed by atoms with van der Waals surface area (Å²) < 4.78 is 2.53. The minimum atomic E-state index is -1.16. The zero-order valence-corrected chi connectivity index (χ0v) is 7.59. The van der Waals surface area contributed by atoms with Gasteiger partial charge in [0.25, 0.3) is 0 Å². The average molecular weight is 190 g/mol. The van der Waals surface area contributed by atoms with Gasteiger partial charge in [0.15, 0.2) is 0 Å². The van der Waals surface area contributed by atoms with Crippen molar-refractivity contribution in [3.63, 3.8) is 0 Å². The van der Waals surface area contributed by atoms with Crippen molar-refractivity contribution in [1.29, 1.82) is 0 Å². The fourth-order valence-corrected chi connectivity index (χ4v) is 1.09. The molecule has 0 unspecified atom stereocenters. The van der Waals surface area contributed by atoms with Gasteiger partial charge < -0.3 is 10.8 Å². The van der Waals surface area contributed by atoms with Crippen LogP contribution in [0, 0.1) is 4.91 Å². The highest BCUT2D eigenvalue weighted by molar-refractivity contribution is 8.01. The maximum absolute atomic E-state index is 10.4. The number of carboxylic acid groups (broad SMARTS) is 1. The molecule has 0 aliphatic rings. The van der Waals surface area contributed by atoms with Gasteiger partial charge in [-0.2, -0.15) is 0 Å². The molecule has 68 valence electrons. The predicted molar refractivity (Wildman–Crippen MR) is 47.4 cm³/mol. The molecule has 0 heterocycles. The van der Waals surface area contributed by atoms with E-state index in [0.29, 0.717) is 17.5 Å². The monoisotopic (exact) mass is 190 g/mol. The van der Waals surface area contributed by atoms with Crippen LogP contribution >= 0.6 is 11.9 Å². The van der Waals surface area contributed by atoms with E-state index >= 15 is 0 Å². The number of hydrogen-bond donors (Lipinski definition) is 2. The lowest BCUT2D eigenvalue weighted by molar-refractivity contribution is -0.137. The highest BCUT2D eigenvalue weighted by Crippen LogP contribution is 2.23. The van der Waals surface area contributed by atoms with Crippen LogP contribution in [0.1, 0.15) is 13.8 Å². The van der Waals surface area contributed by atoms with Crippen molar-refractivity contribution >= 4 is 17.9 Å². The maximum Gasteiger partial charge on any atom is 0.325 e. The quantitative estimate of drug-likeness (QED) is 0.511. The molecule has 0 aliphatic heterocycles. The molecule has 0 saturated heterocycles. The summed E-state index contributed by atoms with van der Waals surface area (Å²) in [6, 6.07) is -1.15. The second-order valence-electron chi connectivity index (χ2n) is 2.35. The zero-order valence-electron chi connectivity index (χ0n) is 6.77. The largest absolute Gasteiger partial charge is 0.480 e. The number of nitrogens with two attached hydrogens (primary N) is 1. The Kier molecular flexibility index (Phi) is 4.53. The van der Waals surface area contributed by atoms with Crippen LogP contribution in [0.3, 0.4) is 0 Å². The molecule has 0 amide bonds. The van der Waals surface area contributed by atoms with E-state index in [1.165, 1.54) is 0 Å². The van der Waals surface area contributed by atoms with Crippen molar-refractivity contribution in [3.8, 4) is 0 Å². The summed E-state index contributed by atoms with van der Waals surface area (Å²) in [5.74, 6) is -1.16.